The lowest BCUT2D eigenvalue weighted by Crippen LogP contribution is -2.21. The Balaban J connectivity index is 2.63. The zero-order valence-electron chi connectivity index (χ0n) is 9.47. The fourth-order valence-corrected chi connectivity index (χ4v) is 1.49. The van der Waals surface area contributed by atoms with Crippen molar-refractivity contribution in [3.63, 3.8) is 0 Å². The number of hydrogen-bond donors (Lipinski definition) is 0. The fourth-order valence-electron chi connectivity index (χ4n) is 1.49. The molecule has 0 aliphatic carbocycles. The number of benzene rings is 1. The molecule has 0 saturated carbocycles. The van der Waals surface area contributed by atoms with Crippen molar-refractivity contribution in [3.8, 4) is 11.7 Å². The number of rotatable bonds is 2. The Morgan fingerprint density at radius 1 is 1.25 bits per heavy atom. The number of methoxy groups -OCH3 is 1. The van der Waals surface area contributed by atoms with Crippen LogP contribution in [0.2, 0.25) is 0 Å². The second kappa shape index (κ2) is 3.84. The summed E-state index contributed by atoms with van der Waals surface area (Å²) >= 11 is 0. The average molecular weight is 219 g/mol. The maximum absolute atomic E-state index is 11.8. The number of hydrogen-bond acceptors (Lipinski definition) is 3. The summed E-state index contributed by atoms with van der Waals surface area (Å²) < 4.78 is 7.74. The highest BCUT2D eigenvalue weighted by atomic mass is 16.5. The standard InChI is InChI=1S/C11H13N3O2/c1-8-4-6-9(7-5-8)14-10(16-3)12-13(2)11(14)15/h4-7H,1-3H3. The van der Waals surface area contributed by atoms with Gasteiger partial charge in [-0.2, -0.15) is 0 Å². The van der Waals surface area contributed by atoms with E-state index < -0.39 is 0 Å². The van der Waals surface area contributed by atoms with E-state index in [9.17, 15) is 4.79 Å². The lowest BCUT2D eigenvalue weighted by molar-refractivity contribution is 0.368. The fraction of sp³-hybridized carbons (Fsp3) is 0.273. The van der Waals surface area contributed by atoms with Crippen LogP contribution in [-0.2, 0) is 7.05 Å². The van der Waals surface area contributed by atoms with Gasteiger partial charge in [-0.05, 0) is 19.1 Å². The third kappa shape index (κ3) is 1.60. The highest BCUT2D eigenvalue weighted by Gasteiger charge is 2.12. The van der Waals surface area contributed by atoms with E-state index >= 15 is 0 Å². The molecule has 1 aromatic carbocycles. The first kappa shape index (κ1) is 10.5. The predicted molar refractivity (Wildman–Crippen MR) is 60.1 cm³/mol. The summed E-state index contributed by atoms with van der Waals surface area (Å²) in [7, 11) is 3.09. The van der Waals surface area contributed by atoms with Crippen LogP contribution >= 0.6 is 0 Å². The van der Waals surface area contributed by atoms with Gasteiger partial charge in [-0.3, -0.25) is 0 Å². The van der Waals surface area contributed by atoms with E-state index in [4.69, 9.17) is 4.74 Å². The third-order valence-corrected chi connectivity index (χ3v) is 2.37. The van der Waals surface area contributed by atoms with Crippen molar-refractivity contribution >= 4 is 0 Å². The van der Waals surface area contributed by atoms with Gasteiger partial charge in [-0.15, -0.1) is 5.10 Å². The van der Waals surface area contributed by atoms with Gasteiger partial charge in [0.15, 0.2) is 0 Å². The van der Waals surface area contributed by atoms with E-state index in [-0.39, 0.29) is 11.7 Å². The largest absolute Gasteiger partial charge is 0.467 e. The maximum Gasteiger partial charge on any atom is 0.353 e. The Morgan fingerprint density at radius 2 is 1.88 bits per heavy atom. The number of ether oxygens (including phenoxy) is 1. The topological polar surface area (TPSA) is 49.1 Å². The molecule has 0 bridgehead atoms. The molecule has 0 amide bonds. The zero-order chi connectivity index (χ0) is 11.7. The average Bonchev–Trinajstić information content (AvgIpc) is 2.57. The molecule has 84 valence electrons. The summed E-state index contributed by atoms with van der Waals surface area (Å²) in [5.41, 5.74) is 1.67. The van der Waals surface area contributed by atoms with Gasteiger partial charge in [0.1, 0.15) is 0 Å². The third-order valence-electron chi connectivity index (χ3n) is 2.37. The van der Waals surface area contributed by atoms with Crippen molar-refractivity contribution in [2.24, 2.45) is 7.05 Å². The van der Waals surface area contributed by atoms with E-state index in [1.54, 1.807) is 7.05 Å². The zero-order valence-corrected chi connectivity index (χ0v) is 9.47. The van der Waals surface area contributed by atoms with Crippen LogP contribution in [0.4, 0.5) is 0 Å². The van der Waals surface area contributed by atoms with E-state index in [1.807, 2.05) is 31.2 Å². The van der Waals surface area contributed by atoms with Gasteiger partial charge in [-0.1, -0.05) is 17.7 Å². The van der Waals surface area contributed by atoms with Gasteiger partial charge >= 0.3 is 11.7 Å². The first-order valence-corrected chi connectivity index (χ1v) is 4.90. The number of nitrogens with zero attached hydrogens (tertiary/aromatic N) is 3. The molecule has 0 N–H and O–H groups in total. The summed E-state index contributed by atoms with van der Waals surface area (Å²) in [6.07, 6.45) is 0. The summed E-state index contributed by atoms with van der Waals surface area (Å²) in [4.78, 5) is 11.8. The molecule has 0 aliphatic rings. The Hall–Kier alpha value is -2.04. The molecule has 0 atom stereocenters. The summed E-state index contributed by atoms with van der Waals surface area (Å²) in [6, 6.07) is 7.89. The molecule has 0 fully saturated rings. The summed E-state index contributed by atoms with van der Waals surface area (Å²) in [5.74, 6) is 0. The quantitative estimate of drug-likeness (QED) is 0.753. The van der Waals surface area contributed by atoms with Gasteiger partial charge in [0, 0.05) is 7.05 Å². The van der Waals surface area contributed by atoms with Gasteiger partial charge in [0.25, 0.3) is 0 Å². The second-order valence-electron chi connectivity index (χ2n) is 3.56. The van der Waals surface area contributed by atoms with Gasteiger partial charge in [-0.25, -0.2) is 14.0 Å². The van der Waals surface area contributed by atoms with E-state index in [0.29, 0.717) is 0 Å². The van der Waals surface area contributed by atoms with Crippen LogP contribution in [0.1, 0.15) is 5.56 Å². The molecular formula is C11H13N3O2. The van der Waals surface area contributed by atoms with Gasteiger partial charge < -0.3 is 4.74 Å². The van der Waals surface area contributed by atoms with Gasteiger partial charge in [0.05, 0.1) is 12.8 Å². The van der Waals surface area contributed by atoms with Crippen molar-refractivity contribution in [2.45, 2.75) is 6.92 Å². The monoisotopic (exact) mass is 219 g/mol. The number of aromatic nitrogens is 3. The predicted octanol–water partition coefficient (Wildman–Crippen LogP) is 0.888. The molecule has 0 radical (unpaired) electrons. The van der Waals surface area contributed by atoms with Crippen LogP contribution < -0.4 is 10.4 Å². The van der Waals surface area contributed by atoms with Crippen molar-refractivity contribution in [2.75, 3.05) is 7.11 Å². The molecule has 5 heteroatoms. The van der Waals surface area contributed by atoms with Crippen LogP contribution in [-0.4, -0.2) is 21.5 Å². The summed E-state index contributed by atoms with van der Waals surface area (Å²) in [6.45, 7) is 1.99. The Kier molecular flexibility index (Phi) is 2.52. The highest BCUT2D eigenvalue weighted by Crippen LogP contribution is 2.13. The normalized spacial score (nSPS) is 10.4. The van der Waals surface area contributed by atoms with Crippen LogP contribution in [0.15, 0.2) is 29.1 Å². The van der Waals surface area contributed by atoms with Crippen molar-refractivity contribution in [1.82, 2.24) is 14.3 Å². The van der Waals surface area contributed by atoms with Crippen molar-refractivity contribution < 1.29 is 4.74 Å². The molecule has 16 heavy (non-hydrogen) atoms. The Labute approximate surface area is 92.9 Å². The summed E-state index contributed by atoms with van der Waals surface area (Å²) in [5, 5.41) is 3.97. The van der Waals surface area contributed by atoms with Crippen LogP contribution in [0.25, 0.3) is 5.69 Å². The molecule has 2 aromatic rings. The molecule has 0 aliphatic heterocycles. The molecular weight excluding hydrogens is 206 g/mol. The smallest absolute Gasteiger partial charge is 0.353 e. The Morgan fingerprint density at radius 3 is 2.44 bits per heavy atom. The minimum Gasteiger partial charge on any atom is -0.467 e. The van der Waals surface area contributed by atoms with E-state index in [0.717, 1.165) is 11.3 Å². The highest BCUT2D eigenvalue weighted by molar-refractivity contribution is 5.36. The van der Waals surface area contributed by atoms with E-state index in [1.165, 1.54) is 16.4 Å². The second-order valence-corrected chi connectivity index (χ2v) is 3.56. The minimum absolute atomic E-state index is 0.222. The number of aryl methyl sites for hydroxylation is 2. The molecule has 0 unspecified atom stereocenters. The molecule has 2 rings (SSSR count). The van der Waals surface area contributed by atoms with Crippen molar-refractivity contribution in [1.29, 1.82) is 0 Å². The molecule has 1 aromatic heterocycles. The lowest BCUT2D eigenvalue weighted by Gasteiger charge is -2.03. The van der Waals surface area contributed by atoms with Crippen LogP contribution in [0.3, 0.4) is 0 Å². The molecule has 1 heterocycles. The van der Waals surface area contributed by atoms with Gasteiger partial charge in [0.2, 0.25) is 0 Å². The van der Waals surface area contributed by atoms with E-state index in [2.05, 4.69) is 5.10 Å². The minimum atomic E-state index is -0.222. The Bertz CT molecular complexity index is 552. The first-order valence-electron chi connectivity index (χ1n) is 4.90. The molecule has 0 saturated heterocycles. The molecule has 5 nitrogen and oxygen atoms in total. The first-order chi connectivity index (χ1) is 7.63. The molecule has 0 spiro atoms. The van der Waals surface area contributed by atoms with Crippen LogP contribution in [0.5, 0.6) is 6.01 Å². The maximum atomic E-state index is 11.8. The van der Waals surface area contributed by atoms with Crippen LogP contribution in [0, 0.1) is 6.92 Å². The SMILES string of the molecule is COc1nn(C)c(=O)n1-c1ccc(C)cc1. The van der Waals surface area contributed by atoms with Crippen molar-refractivity contribution in [3.05, 3.63) is 40.3 Å². The lowest BCUT2D eigenvalue weighted by atomic mass is 10.2.